The van der Waals surface area contributed by atoms with E-state index in [2.05, 4.69) is 25.1 Å². The van der Waals surface area contributed by atoms with Crippen molar-refractivity contribution < 1.29 is 14.1 Å². The summed E-state index contributed by atoms with van der Waals surface area (Å²) in [6.07, 6.45) is 3.91. The minimum atomic E-state index is -0.255. The van der Waals surface area contributed by atoms with E-state index in [4.69, 9.17) is 4.52 Å². The van der Waals surface area contributed by atoms with E-state index in [1.165, 1.54) is 5.57 Å². The summed E-state index contributed by atoms with van der Waals surface area (Å²) in [6.45, 7) is 5.79. The van der Waals surface area contributed by atoms with E-state index in [-0.39, 0.29) is 17.3 Å². The average Bonchev–Trinajstić information content (AvgIpc) is 2.86. The van der Waals surface area contributed by atoms with Crippen LogP contribution in [-0.2, 0) is 6.42 Å². The molecular formula is C18H17NO3. The molecule has 22 heavy (non-hydrogen) atoms. The van der Waals surface area contributed by atoms with Crippen molar-refractivity contribution in [1.82, 2.24) is 5.16 Å². The van der Waals surface area contributed by atoms with Gasteiger partial charge in [-0.15, -0.1) is 0 Å². The Kier molecular flexibility index (Phi) is 3.53. The van der Waals surface area contributed by atoms with Crippen molar-refractivity contribution in [2.24, 2.45) is 0 Å². The summed E-state index contributed by atoms with van der Waals surface area (Å²) in [5, 5.41) is 3.75. The lowest BCUT2D eigenvalue weighted by Gasteiger charge is -2.14. The number of hydrogen-bond acceptors (Lipinski definition) is 4. The molecule has 112 valence electrons. The quantitative estimate of drug-likeness (QED) is 0.692. The number of fused-ring (bicyclic) bond motifs is 2. The molecule has 0 unspecified atom stereocenters. The molecule has 0 saturated carbocycles. The highest BCUT2D eigenvalue weighted by Gasteiger charge is 2.35. The second kappa shape index (κ2) is 5.37. The van der Waals surface area contributed by atoms with Crippen LogP contribution in [0.3, 0.4) is 0 Å². The molecule has 1 aliphatic carbocycles. The van der Waals surface area contributed by atoms with E-state index >= 15 is 0 Å². The summed E-state index contributed by atoms with van der Waals surface area (Å²) in [6, 6.07) is 5.45. The van der Waals surface area contributed by atoms with Gasteiger partial charge in [-0.1, -0.05) is 28.9 Å². The van der Waals surface area contributed by atoms with E-state index in [1.807, 2.05) is 6.07 Å². The fourth-order valence-electron chi connectivity index (χ4n) is 2.71. The predicted molar refractivity (Wildman–Crippen MR) is 82.3 cm³/mol. The Labute approximate surface area is 128 Å². The van der Waals surface area contributed by atoms with Crippen LogP contribution in [0.4, 0.5) is 0 Å². The topological polar surface area (TPSA) is 60.2 Å². The van der Waals surface area contributed by atoms with E-state index in [0.717, 1.165) is 18.4 Å². The molecule has 0 fully saturated rings. The largest absolute Gasteiger partial charge is 0.352 e. The van der Waals surface area contributed by atoms with Gasteiger partial charge in [-0.05, 0) is 45.2 Å². The van der Waals surface area contributed by atoms with Crippen LogP contribution < -0.4 is 0 Å². The molecule has 0 radical (unpaired) electrons. The van der Waals surface area contributed by atoms with Crippen LogP contribution in [0.15, 0.2) is 34.4 Å². The van der Waals surface area contributed by atoms with Crippen LogP contribution in [0, 0.1) is 6.92 Å². The van der Waals surface area contributed by atoms with Gasteiger partial charge >= 0.3 is 0 Å². The first-order valence-electron chi connectivity index (χ1n) is 7.31. The zero-order chi connectivity index (χ0) is 15.9. The fourth-order valence-corrected chi connectivity index (χ4v) is 2.71. The van der Waals surface area contributed by atoms with E-state index < -0.39 is 0 Å². The van der Waals surface area contributed by atoms with Gasteiger partial charge in [0.05, 0.1) is 11.3 Å². The molecule has 0 bridgehead atoms. The highest BCUT2D eigenvalue weighted by molar-refractivity contribution is 6.27. The Morgan fingerprint density at radius 1 is 1.18 bits per heavy atom. The molecule has 0 aliphatic heterocycles. The maximum atomic E-state index is 12.5. The Morgan fingerprint density at radius 3 is 2.68 bits per heavy atom. The van der Waals surface area contributed by atoms with Crippen molar-refractivity contribution in [2.45, 2.75) is 33.6 Å². The zero-order valence-electron chi connectivity index (χ0n) is 12.9. The van der Waals surface area contributed by atoms with Crippen LogP contribution >= 0.6 is 0 Å². The van der Waals surface area contributed by atoms with Gasteiger partial charge < -0.3 is 4.52 Å². The van der Waals surface area contributed by atoms with Crippen molar-refractivity contribution in [3.8, 4) is 0 Å². The van der Waals surface area contributed by atoms with Gasteiger partial charge in [0.1, 0.15) is 0 Å². The number of aryl methyl sites for hydroxylation is 2. The molecular weight excluding hydrogens is 278 g/mol. The Balaban J connectivity index is 1.98. The molecule has 1 aliphatic rings. The molecule has 3 rings (SSSR count). The third-order valence-corrected chi connectivity index (χ3v) is 3.85. The molecule has 0 N–H and O–H groups in total. The number of nitrogens with zero attached hydrogens (tertiary/aromatic N) is 1. The normalized spacial score (nSPS) is 12.9. The van der Waals surface area contributed by atoms with Gasteiger partial charge in [-0.2, -0.15) is 0 Å². The molecule has 1 aromatic heterocycles. The first kappa shape index (κ1) is 14.4. The number of ketones is 2. The van der Waals surface area contributed by atoms with Crippen molar-refractivity contribution in [3.63, 3.8) is 0 Å². The lowest BCUT2D eigenvalue weighted by atomic mass is 9.86. The minimum Gasteiger partial charge on any atom is -0.352 e. The number of carbonyl (C=O) groups is 2. The van der Waals surface area contributed by atoms with Crippen LogP contribution in [-0.4, -0.2) is 16.7 Å². The first-order valence-corrected chi connectivity index (χ1v) is 7.31. The molecule has 2 aromatic rings. The van der Waals surface area contributed by atoms with Crippen molar-refractivity contribution in [1.29, 1.82) is 0 Å². The van der Waals surface area contributed by atoms with Gasteiger partial charge in [0.25, 0.3) is 0 Å². The smallest absolute Gasteiger partial charge is 0.232 e. The first-order chi connectivity index (χ1) is 10.5. The van der Waals surface area contributed by atoms with Crippen LogP contribution in [0.1, 0.15) is 63.6 Å². The molecule has 1 heterocycles. The highest BCUT2D eigenvalue weighted by atomic mass is 16.5. The molecule has 4 heteroatoms. The summed E-state index contributed by atoms with van der Waals surface area (Å²) >= 11 is 0. The van der Waals surface area contributed by atoms with Gasteiger partial charge in [0.2, 0.25) is 11.5 Å². The number of allylic oxidation sites excluding steroid dienone is 2. The number of carbonyl (C=O) groups excluding carboxylic acids is 2. The van der Waals surface area contributed by atoms with E-state index in [9.17, 15) is 9.59 Å². The summed E-state index contributed by atoms with van der Waals surface area (Å²) in [5.74, 6) is -0.370. The van der Waals surface area contributed by atoms with Crippen LogP contribution in [0.2, 0.25) is 0 Å². The number of aromatic nitrogens is 1. The van der Waals surface area contributed by atoms with Crippen molar-refractivity contribution in [3.05, 3.63) is 63.6 Å². The van der Waals surface area contributed by atoms with Crippen LogP contribution in [0.25, 0.3) is 0 Å². The SMILES string of the molecule is CC(C)=CCCc1ccc2c(c1)C(=O)c1onc(C)c1C2=O. The highest BCUT2D eigenvalue weighted by Crippen LogP contribution is 2.30. The lowest BCUT2D eigenvalue weighted by Crippen LogP contribution is -2.20. The molecule has 0 saturated heterocycles. The maximum Gasteiger partial charge on any atom is 0.232 e. The number of hydrogen-bond donors (Lipinski definition) is 0. The van der Waals surface area contributed by atoms with E-state index in [1.54, 1.807) is 19.1 Å². The maximum absolute atomic E-state index is 12.5. The summed E-state index contributed by atoms with van der Waals surface area (Å²) in [7, 11) is 0. The number of benzene rings is 1. The average molecular weight is 295 g/mol. The predicted octanol–water partition coefficient (Wildman–Crippen LogP) is 3.66. The summed E-state index contributed by atoms with van der Waals surface area (Å²) < 4.78 is 5.05. The second-order valence-corrected chi connectivity index (χ2v) is 5.83. The van der Waals surface area contributed by atoms with Gasteiger partial charge in [0.15, 0.2) is 5.78 Å². The van der Waals surface area contributed by atoms with Crippen molar-refractivity contribution >= 4 is 11.6 Å². The third-order valence-electron chi connectivity index (χ3n) is 3.85. The molecule has 0 atom stereocenters. The molecule has 0 amide bonds. The zero-order valence-corrected chi connectivity index (χ0v) is 12.9. The molecule has 4 nitrogen and oxygen atoms in total. The van der Waals surface area contributed by atoms with Gasteiger partial charge in [-0.3, -0.25) is 9.59 Å². The lowest BCUT2D eigenvalue weighted by molar-refractivity contribution is 0.0955. The van der Waals surface area contributed by atoms with Gasteiger partial charge in [-0.25, -0.2) is 0 Å². The van der Waals surface area contributed by atoms with Crippen molar-refractivity contribution in [2.75, 3.05) is 0 Å². The van der Waals surface area contributed by atoms with Crippen LogP contribution in [0.5, 0.6) is 0 Å². The number of rotatable bonds is 3. The summed E-state index contributed by atoms with van der Waals surface area (Å²) in [5.41, 5.74) is 3.93. The Hall–Kier alpha value is -2.49. The minimum absolute atomic E-state index is 0.0662. The van der Waals surface area contributed by atoms with E-state index in [0.29, 0.717) is 22.4 Å². The fraction of sp³-hybridized carbons (Fsp3) is 0.278. The molecule has 1 aromatic carbocycles. The third kappa shape index (κ3) is 2.30. The Morgan fingerprint density at radius 2 is 1.95 bits per heavy atom. The second-order valence-electron chi connectivity index (χ2n) is 5.83. The Bertz CT molecular complexity index is 808. The standard InChI is InChI=1S/C18H17NO3/c1-10(2)5-4-6-12-7-8-13-14(9-12)17(21)18-15(16(13)20)11(3)19-22-18/h5,7-9H,4,6H2,1-3H3. The van der Waals surface area contributed by atoms with Gasteiger partial charge in [0, 0.05) is 11.1 Å². The summed E-state index contributed by atoms with van der Waals surface area (Å²) in [4.78, 5) is 25.0. The monoisotopic (exact) mass is 295 g/mol. The molecule has 0 spiro atoms.